The number of rotatable bonds is 1. The predicted molar refractivity (Wildman–Crippen MR) is 77.4 cm³/mol. The first-order valence-electron chi connectivity index (χ1n) is 5.76. The lowest BCUT2D eigenvalue weighted by molar-refractivity contribution is 1.06. The molecule has 2 N–H and O–H groups in total. The van der Waals surface area contributed by atoms with Gasteiger partial charge in [-0.2, -0.15) is 5.26 Å². The number of halogens is 1. The molecule has 3 aromatic rings. The molecule has 0 bridgehead atoms. The van der Waals surface area contributed by atoms with E-state index >= 15 is 0 Å². The van der Waals surface area contributed by atoms with E-state index in [1.165, 1.54) is 0 Å². The molecule has 0 unspecified atom stereocenters. The monoisotopic (exact) mass is 267 g/mol. The van der Waals surface area contributed by atoms with Gasteiger partial charge in [0, 0.05) is 22.0 Å². The SMILES string of the molecule is N#Cc1c2ccccc2cn1-c1cc(Cl)ccc1N. The van der Waals surface area contributed by atoms with E-state index in [0.29, 0.717) is 16.4 Å². The Labute approximate surface area is 115 Å². The molecule has 2 aromatic carbocycles. The summed E-state index contributed by atoms with van der Waals surface area (Å²) in [5, 5.41) is 11.9. The molecule has 92 valence electrons. The molecule has 0 atom stereocenters. The van der Waals surface area contributed by atoms with E-state index in [9.17, 15) is 5.26 Å². The Morgan fingerprint density at radius 3 is 2.74 bits per heavy atom. The van der Waals surface area contributed by atoms with Crippen LogP contribution in [0.25, 0.3) is 16.5 Å². The maximum atomic E-state index is 9.38. The summed E-state index contributed by atoms with van der Waals surface area (Å²) in [7, 11) is 0. The summed E-state index contributed by atoms with van der Waals surface area (Å²) in [5.41, 5.74) is 7.84. The molecule has 0 aliphatic carbocycles. The molecule has 0 aliphatic rings. The topological polar surface area (TPSA) is 54.7 Å². The molecule has 0 saturated carbocycles. The smallest absolute Gasteiger partial charge is 0.132 e. The first kappa shape index (κ1) is 11.6. The van der Waals surface area contributed by atoms with Crippen LogP contribution in [0.4, 0.5) is 5.69 Å². The number of nitrogen functional groups attached to an aromatic ring is 1. The van der Waals surface area contributed by atoms with E-state index in [1.807, 2.05) is 30.5 Å². The van der Waals surface area contributed by atoms with Gasteiger partial charge in [-0.05, 0) is 18.2 Å². The highest BCUT2D eigenvalue weighted by Gasteiger charge is 2.12. The van der Waals surface area contributed by atoms with Crippen molar-refractivity contribution in [3.63, 3.8) is 0 Å². The van der Waals surface area contributed by atoms with Crippen molar-refractivity contribution in [3.05, 3.63) is 59.4 Å². The molecular weight excluding hydrogens is 258 g/mol. The van der Waals surface area contributed by atoms with E-state index in [0.717, 1.165) is 16.5 Å². The molecule has 0 aliphatic heterocycles. The van der Waals surface area contributed by atoms with Gasteiger partial charge in [0.2, 0.25) is 0 Å². The normalized spacial score (nSPS) is 10.5. The molecule has 4 heteroatoms. The fraction of sp³-hybridized carbons (Fsp3) is 0. The summed E-state index contributed by atoms with van der Waals surface area (Å²) in [6.07, 6.45) is 1.90. The summed E-state index contributed by atoms with van der Waals surface area (Å²) in [5.74, 6) is 0. The minimum atomic E-state index is 0.560. The average molecular weight is 268 g/mol. The average Bonchev–Trinajstić information content (AvgIpc) is 2.79. The number of benzene rings is 2. The maximum absolute atomic E-state index is 9.38. The number of nitrogens with two attached hydrogens (primary N) is 1. The van der Waals surface area contributed by atoms with Crippen LogP contribution in [0.3, 0.4) is 0 Å². The molecule has 0 amide bonds. The van der Waals surface area contributed by atoms with Crippen molar-refractivity contribution in [3.8, 4) is 11.8 Å². The van der Waals surface area contributed by atoms with Crippen LogP contribution in [0.1, 0.15) is 5.69 Å². The number of nitriles is 1. The zero-order valence-corrected chi connectivity index (χ0v) is 10.7. The van der Waals surface area contributed by atoms with Gasteiger partial charge >= 0.3 is 0 Å². The highest BCUT2D eigenvalue weighted by atomic mass is 35.5. The van der Waals surface area contributed by atoms with Crippen LogP contribution in [0.15, 0.2) is 48.7 Å². The van der Waals surface area contributed by atoms with Gasteiger partial charge in [-0.3, -0.25) is 0 Å². The van der Waals surface area contributed by atoms with Gasteiger partial charge < -0.3 is 10.3 Å². The second kappa shape index (κ2) is 4.34. The van der Waals surface area contributed by atoms with Crippen LogP contribution in [-0.4, -0.2) is 4.57 Å². The molecule has 1 heterocycles. The lowest BCUT2D eigenvalue weighted by Gasteiger charge is -2.08. The van der Waals surface area contributed by atoms with Gasteiger partial charge in [0.1, 0.15) is 11.8 Å². The number of nitrogens with zero attached hydrogens (tertiary/aromatic N) is 2. The minimum absolute atomic E-state index is 0.560. The van der Waals surface area contributed by atoms with Crippen molar-refractivity contribution < 1.29 is 0 Å². The largest absolute Gasteiger partial charge is 0.397 e. The third-order valence-corrected chi connectivity index (χ3v) is 3.32. The lowest BCUT2D eigenvalue weighted by atomic mass is 10.2. The first-order valence-corrected chi connectivity index (χ1v) is 6.14. The lowest BCUT2D eigenvalue weighted by Crippen LogP contribution is -2.00. The molecule has 0 spiro atoms. The van der Waals surface area contributed by atoms with Crippen molar-refractivity contribution in [2.24, 2.45) is 0 Å². The van der Waals surface area contributed by atoms with Crippen LogP contribution in [0.5, 0.6) is 0 Å². The van der Waals surface area contributed by atoms with Crippen molar-refractivity contribution in [2.75, 3.05) is 5.73 Å². The van der Waals surface area contributed by atoms with Gasteiger partial charge in [-0.1, -0.05) is 35.9 Å². The van der Waals surface area contributed by atoms with Crippen LogP contribution in [0.2, 0.25) is 5.02 Å². The quantitative estimate of drug-likeness (QED) is 0.683. The summed E-state index contributed by atoms with van der Waals surface area (Å²) in [6.45, 7) is 0. The summed E-state index contributed by atoms with van der Waals surface area (Å²) >= 11 is 6.01. The number of hydrogen-bond donors (Lipinski definition) is 1. The van der Waals surface area contributed by atoms with Crippen molar-refractivity contribution >= 4 is 28.1 Å². The standard InChI is InChI=1S/C15H10ClN3/c16-11-5-6-13(18)14(7-11)19-9-10-3-1-2-4-12(10)15(19)8-17/h1-7,9H,18H2. The molecule has 3 rings (SSSR count). The van der Waals surface area contributed by atoms with Gasteiger partial charge in [0.15, 0.2) is 0 Å². The van der Waals surface area contributed by atoms with E-state index in [-0.39, 0.29) is 0 Å². The molecule has 0 saturated heterocycles. The summed E-state index contributed by atoms with van der Waals surface area (Å²) in [6, 6.07) is 15.2. The van der Waals surface area contributed by atoms with Crippen LogP contribution in [0, 0.1) is 11.3 Å². The molecule has 3 nitrogen and oxygen atoms in total. The van der Waals surface area contributed by atoms with Crippen LogP contribution < -0.4 is 5.73 Å². The minimum Gasteiger partial charge on any atom is -0.397 e. The third kappa shape index (κ3) is 1.83. The highest BCUT2D eigenvalue weighted by Crippen LogP contribution is 2.28. The van der Waals surface area contributed by atoms with Gasteiger partial charge in [0.25, 0.3) is 0 Å². The Hall–Kier alpha value is -2.44. The van der Waals surface area contributed by atoms with Crippen molar-refractivity contribution in [2.45, 2.75) is 0 Å². The second-order valence-electron chi connectivity index (χ2n) is 4.25. The van der Waals surface area contributed by atoms with Gasteiger partial charge in [-0.15, -0.1) is 0 Å². The zero-order valence-electron chi connectivity index (χ0n) is 9.97. The van der Waals surface area contributed by atoms with Gasteiger partial charge in [-0.25, -0.2) is 0 Å². The number of hydrogen-bond acceptors (Lipinski definition) is 2. The van der Waals surface area contributed by atoms with E-state index in [2.05, 4.69) is 6.07 Å². The molecular formula is C15H10ClN3. The number of fused-ring (bicyclic) bond motifs is 1. The highest BCUT2D eigenvalue weighted by molar-refractivity contribution is 6.30. The Kier molecular flexibility index (Phi) is 2.66. The third-order valence-electron chi connectivity index (χ3n) is 3.08. The summed E-state index contributed by atoms with van der Waals surface area (Å²) in [4.78, 5) is 0. The zero-order chi connectivity index (χ0) is 13.4. The predicted octanol–water partition coefficient (Wildman–Crippen LogP) is 3.74. The first-order chi connectivity index (χ1) is 9.20. The second-order valence-corrected chi connectivity index (χ2v) is 4.69. The van der Waals surface area contributed by atoms with E-state index in [4.69, 9.17) is 17.3 Å². The maximum Gasteiger partial charge on any atom is 0.132 e. The molecule has 0 radical (unpaired) electrons. The van der Waals surface area contributed by atoms with Crippen molar-refractivity contribution in [1.82, 2.24) is 4.57 Å². The Bertz CT molecular complexity index is 812. The molecule has 19 heavy (non-hydrogen) atoms. The Morgan fingerprint density at radius 2 is 1.95 bits per heavy atom. The Morgan fingerprint density at radius 1 is 1.16 bits per heavy atom. The van der Waals surface area contributed by atoms with Crippen molar-refractivity contribution in [1.29, 1.82) is 5.26 Å². The van der Waals surface area contributed by atoms with E-state index < -0.39 is 0 Å². The number of aromatic nitrogens is 1. The number of anilines is 1. The fourth-order valence-corrected chi connectivity index (χ4v) is 2.35. The van der Waals surface area contributed by atoms with Crippen LogP contribution >= 0.6 is 11.6 Å². The molecule has 1 aromatic heterocycles. The summed E-state index contributed by atoms with van der Waals surface area (Å²) < 4.78 is 1.78. The Balaban J connectivity index is 2.37. The fourth-order valence-electron chi connectivity index (χ4n) is 2.19. The van der Waals surface area contributed by atoms with E-state index in [1.54, 1.807) is 22.8 Å². The van der Waals surface area contributed by atoms with Crippen LogP contribution in [-0.2, 0) is 0 Å². The molecule has 0 fully saturated rings. The van der Waals surface area contributed by atoms with Gasteiger partial charge in [0.05, 0.1) is 11.4 Å².